The highest BCUT2D eigenvalue weighted by atomic mass is 79.9. The number of benzene rings is 2. The smallest absolute Gasteiger partial charge is 0.121 e. The van der Waals surface area contributed by atoms with Crippen LogP contribution in [0.1, 0.15) is 31.9 Å². The second kappa shape index (κ2) is 5.79. The Kier molecular flexibility index (Phi) is 4.31. The summed E-state index contributed by atoms with van der Waals surface area (Å²) in [5.41, 5.74) is 2.57. The third kappa shape index (κ3) is 4.10. The van der Waals surface area contributed by atoms with Crippen molar-refractivity contribution < 1.29 is 4.74 Å². The van der Waals surface area contributed by atoms with Crippen LogP contribution in [0.5, 0.6) is 5.75 Å². The molecule has 0 spiro atoms. The van der Waals surface area contributed by atoms with Crippen LogP contribution in [-0.4, -0.2) is 0 Å². The Bertz CT molecular complexity index is 541. The Morgan fingerprint density at radius 3 is 2.32 bits per heavy atom. The molecule has 2 aromatic rings. The van der Waals surface area contributed by atoms with Crippen molar-refractivity contribution in [3.8, 4) is 5.75 Å². The minimum absolute atomic E-state index is 0.120. The molecule has 2 rings (SSSR count). The average Bonchev–Trinajstić information content (AvgIpc) is 2.36. The van der Waals surface area contributed by atoms with Gasteiger partial charge in [0.05, 0.1) is 0 Å². The van der Waals surface area contributed by atoms with Crippen LogP contribution in [0.3, 0.4) is 0 Å². The van der Waals surface area contributed by atoms with Gasteiger partial charge in [-0.3, -0.25) is 0 Å². The van der Waals surface area contributed by atoms with Crippen molar-refractivity contribution in [1.29, 1.82) is 0 Å². The van der Waals surface area contributed by atoms with E-state index in [0.717, 1.165) is 10.2 Å². The highest BCUT2D eigenvalue weighted by Crippen LogP contribution is 2.30. The first-order chi connectivity index (χ1) is 8.95. The van der Waals surface area contributed by atoms with Crippen LogP contribution in [0.15, 0.2) is 53.0 Å². The second-order valence-corrected chi connectivity index (χ2v) is 6.62. The van der Waals surface area contributed by atoms with Gasteiger partial charge in [-0.2, -0.15) is 0 Å². The van der Waals surface area contributed by atoms with Crippen LogP contribution in [-0.2, 0) is 12.0 Å². The highest BCUT2D eigenvalue weighted by Gasteiger charge is 2.15. The highest BCUT2D eigenvalue weighted by molar-refractivity contribution is 9.10. The van der Waals surface area contributed by atoms with Crippen LogP contribution in [0.25, 0.3) is 0 Å². The number of rotatable bonds is 3. The van der Waals surface area contributed by atoms with Gasteiger partial charge < -0.3 is 4.74 Å². The van der Waals surface area contributed by atoms with Gasteiger partial charge in [0.1, 0.15) is 12.4 Å². The molecule has 2 aromatic carbocycles. The fraction of sp³-hybridized carbons (Fsp3) is 0.294. The van der Waals surface area contributed by atoms with E-state index in [1.165, 1.54) is 11.1 Å². The number of halogens is 1. The van der Waals surface area contributed by atoms with Crippen molar-refractivity contribution in [2.24, 2.45) is 0 Å². The lowest BCUT2D eigenvalue weighted by Gasteiger charge is -2.20. The predicted molar refractivity (Wildman–Crippen MR) is 83.6 cm³/mol. The Morgan fingerprint density at radius 1 is 1.00 bits per heavy atom. The van der Waals surface area contributed by atoms with Gasteiger partial charge in [-0.25, -0.2) is 0 Å². The van der Waals surface area contributed by atoms with Gasteiger partial charge >= 0.3 is 0 Å². The minimum Gasteiger partial charge on any atom is -0.489 e. The molecule has 0 bridgehead atoms. The summed E-state index contributed by atoms with van der Waals surface area (Å²) in [6.07, 6.45) is 0. The van der Waals surface area contributed by atoms with E-state index in [4.69, 9.17) is 4.74 Å². The summed E-state index contributed by atoms with van der Waals surface area (Å²) in [7, 11) is 0. The lowest BCUT2D eigenvalue weighted by molar-refractivity contribution is 0.305. The van der Waals surface area contributed by atoms with Crippen molar-refractivity contribution in [2.75, 3.05) is 0 Å². The third-order valence-electron chi connectivity index (χ3n) is 2.99. The minimum atomic E-state index is 0.120. The molecule has 0 radical (unpaired) electrons. The van der Waals surface area contributed by atoms with Crippen LogP contribution in [0.4, 0.5) is 0 Å². The molecule has 1 nitrogen and oxygen atoms in total. The standard InChI is InChI=1S/C17H19BrO/c1-17(2,3)14-9-15(18)11-16(10-14)19-12-13-7-5-4-6-8-13/h4-11H,12H2,1-3H3. The van der Waals surface area contributed by atoms with E-state index < -0.39 is 0 Å². The largest absolute Gasteiger partial charge is 0.489 e. The van der Waals surface area contributed by atoms with Crippen molar-refractivity contribution >= 4 is 15.9 Å². The van der Waals surface area contributed by atoms with Crippen molar-refractivity contribution in [3.05, 3.63) is 64.1 Å². The normalized spacial score (nSPS) is 11.4. The van der Waals surface area contributed by atoms with Crippen LogP contribution in [0.2, 0.25) is 0 Å². The molecule has 0 saturated carbocycles. The molecule has 0 amide bonds. The number of hydrogen-bond donors (Lipinski definition) is 0. The van der Waals surface area contributed by atoms with Crippen molar-refractivity contribution in [3.63, 3.8) is 0 Å². The molecule has 0 heterocycles. The van der Waals surface area contributed by atoms with Crippen LogP contribution in [0, 0.1) is 0 Å². The Labute approximate surface area is 123 Å². The molecule has 19 heavy (non-hydrogen) atoms. The van der Waals surface area contributed by atoms with Gasteiger partial charge in [0.25, 0.3) is 0 Å². The molecule has 0 aliphatic carbocycles. The number of hydrogen-bond acceptors (Lipinski definition) is 1. The summed E-state index contributed by atoms with van der Waals surface area (Å²) in [6.45, 7) is 7.21. The third-order valence-corrected chi connectivity index (χ3v) is 3.44. The molecule has 0 unspecified atom stereocenters. The molecular weight excluding hydrogens is 300 g/mol. The zero-order valence-corrected chi connectivity index (χ0v) is 13.2. The summed E-state index contributed by atoms with van der Waals surface area (Å²) < 4.78 is 6.94. The quantitative estimate of drug-likeness (QED) is 0.743. The zero-order valence-electron chi connectivity index (χ0n) is 11.6. The molecule has 0 aromatic heterocycles. The van der Waals surface area contributed by atoms with Crippen molar-refractivity contribution in [2.45, 2.75) is 32.8 Å². The van der Waals surface area contributed by atoms with E-state index in [9.17, 15) is 0 Å². The van der Waals surface area contributed by atoms with Gasteiger partial charge in [-0.1, -0.05) is 67.0 Å². The van der Waals surface area contributed by atoms with E-state index >= 15 is 0 Å². The lowest BCUT2D eigenvalue weighted by atomic mass is 9.87. The van der Waals surface area contributed by atoms with Crippen LogP contribution < -0.4 is 4.74 Å². The first-order valence-corrected chi connectivity index (χ1v) is 7.22. The summed E-state index contributed by atoms with van der Waals surface area (Å²) in [6, 6.07) is 16.5. The zero-order chi connectivity index (χ0) is 13.9. The number of ether oxygens (including phenoxy) is 1. The van der Waals surface area contributed by atoms with Gasteiger partial charge in [0.2, 0.25) is 0 Å². The maximum atomic E-state index is 5.88. The first-order valence-electron chi connectivity index (χ1n) is 6.43. The molecule has 0 aliphatic rings. The summed E-state index contributed by atoms with van der Waals surface area (Å²) in [5, 5.41) is 0. The van der Waals surface area contributed by atoms with Gasteiger partial charge in [0.15, 0.2) is 0 Å². The molecule has 0 aliphatic heterocycles. The molecule has 2 heteroatoms. The molecular formula is C17H19BrO. The monoisotopic (exact) mass is 318 g/mol. The van der Waals surface area contributed by atoms with Crippen LogP contribution >= 0.6 is 15.9 Å². The van der Waals surface area contributed by atoms with Gasteiger partial charge in [-0.15, -0.1) is 0 Å². The Balaban J connectivity index is 2.15. The lowest BCUT2D eigenvalue weighted by Crippen LogP contribution is -2.11. The molecule has 0 fully saturated rings. The molecule has 0 saturated heterocycles. The molecule has 0 N–H and O–H groups in total. The average molecular weight is 319 g/mol. The summed E-state index contributed by atoms with van der Waals surface area (Å²) in [4.78, 5) is 0. The van der Waals surface area contributed by atoms with Crippen molar-refractivity contribution in [1.82, 2.24) is 0 Å². The summed E-state index contributed by atoms with van der Waals surface area (Å²) >= 11 is 3.55. The predicted octanol–water partition coefficient (Wildman–Crippen LogP) is 5.33. The van der Waals surface area contributed by atoms with E-state index in [2.05, 4.69) is 61.0 Å². The van der Waals surface area contributed by atoms with E-state index in [1.54, 1.807) is 0 Å². The molecule has 100 valence electrons. The fourth-order valence-corrected chi connectivity index (χ4v) is 2.29. The summed E-state index contributed by atoms with van der Waals surface area (Å²) in [5.74, 6) is 0.906. The maximum absolute atomic E-state index is 5.88. The SMILES string of the molecule is CC(C)(C)c1cc(Br)cc(OCc2ccccc2)c1. The van der Waals surface area contributed by atoms with E-state index in [-0.39, 0.29) is 5.41 Å². The van der Waals surface area contributed by atoms with Gasteiger partial charge in [-0.05, 0) is 34.7 Å². The second-order valence-electron chi connectivity index (χ2n) is 5.70. The molecule has 0 atom stereocenters. The fourth-order valence-electron chi connectivity index (χ4n) is 1.82. The maximum Gasteiger partial charge on any atom is 0.121 e. The Hall–Kier alpha value is -1.28. The Morgan fingerprint density at radius 2 is 1.68 bits per heavy atom. The first kappa shape index (κ1) is 14.1. The topological polar surface area (TPSA) is 9.23 Å². The van der Waals surface area contributed by atoms with Gasteiger partial charge in [0, 0.05) is 4.47 Å². The van der Waals surface area contributed by atoms with E-state index in [0.29, 0.717) is 6.61 Å². The van der Waals surface area contributed by atoms with E-state index in [1.807, 2.05) is 24.3 Å².